The number of carboxylic acids is 1. The highest BCUT2D eigenvalue weighted by atomic mass is 35.5. The number of unbranched alkanes of at least 4 members (excludes halogenated alkanes) is 1. The third kappa shape index (κ3) is 8.11. The fraction of sp³-hybridized carbons (Fsp3) is 0.581. The topological polar surface area (TPSA) is 113 Å². The summed E-state index contributed by atoms with van der Waals surface area (Å²) in [6, 6.07) is 8.59. The molecule has 1 fully saturated rings. The van der Waals surface area contributed by atoms with Crippen LogP contribution in [-0.4, -0.2) is 79.4 Å². The maximum absolute atomic E-state index is 13.4. The lowest BCUT2D eigenvalue weighted by Crippen LogP contribution is -2.47. The Morgan fingerprint density at radius 3 is 2.76 bits per heavy atom. The minimum Gasteiger partial charge on any atom is -0.496 e. The van der Waals surface area contributed by atoms with Crippen LogP contribution in [0.25, 0.3) is 0 Å². The number of rotatable bonds is 17. The van der Waals surface area contributed by atoms with Crippen LogP contribution in [0.15, 0.2) is 30.3 Å². The lowest BCUT2D eigenvalue weighted by molar-refractivity contribution is -0.142. The molecule has 1 aliphatic heterocycles. The number of aryl methyl sites for hydroxylation is 2. The molecule has 1 saturated carbocycles. The Balaban J connectivity index is 1.31. The van der Waals surface area contributed by atoms with Crippen molar-refractivity contribution in [2.75, 3.05) is 51.8 Å². The van der Waals surface area contributed by atoms with Gasteiger partial charge in [0.25, 0.3) is 0 Å². The highest BCUT2D eigenvalue weighted by molar-refractivity contribution is 6.32. The lowest BCUT2D eigenvalue weighted by Gasteiger charge is -2.26. The number of hydrogen-bond acceptors (Lipinski definition) is 7. The van der Waals surface area contributed by atoms with Gasteiger partial charge in [0.2, 0.25) is 5.91 Å². The number of nitrogens with zero attached hydrogens (tertiary/aromatic N) is 2. The Kier molecular flexibility index (Phi) is 11.2. The molecular weight excluding hydrogens is 544 g/mol. The SMILES string of the molecule is CCOCCN(CCCCc1ccc2c(n1)NCCC2)CC[C@H](NC(=O)C1(c2c(Cl)cccc2OC)CC1)C(=O)O. The minimum atomic E-state index is -1.04. The Morgan fingerprint density at radius 2 is 2.02 bits per heavy atom. The van der Waals surface area contributed by atoms with Gasteiger partial charge in [-0.05, 0) is 88.6 Å². The van der Waals surface area contributed by atoms with Gasteiger partial charge in [-0.1, -0.05) is 23.7 Å². The van der Waals surface area contributed by atoms with Crippen molar-refractivity contribution in [3.8, 4) is 5.75 Å². The van der Waals surface area contributed by atoms with Crippen LogP contribution in [0.3, 0.4) is 0 Å². The molecule has 2 aliphatic rings. The number of ether oxygens (including phenoxy) is 2. The van der Waals surface area contributed by atoms with Gasteiger partial charge in [0.15, 0.2) is 0 Å². The van der Waals surface area contributed by atoms with Crippen molar-refractivity contribution in [1.29, 1.82) is 0 Å². The van der Waals surface area contributed by atoms with E-state index in [0.29, 0.717) is 61.9 Å². The summed E-state index contributed by atoms with van der Waals surface area (Å²) in [6.07, 6.45) is 6.56. The fourth-order valence-corrected chi connectivity index (χ4v) is 5.89. The smallest absolute Gasteiger partial charge is 0.326 e. The normalized spacial score (nSPS) is 16.0. The van der Waals surface area contributed by atoms with Gasteiger partial charge in [-0.25, -0.2) is 9.78 Å². The van der Waals surface area contributed by atoms with E-state index in [-0.39, 0.29) is 5.91 Å². The number of halogens is 1. The van der Waals surface area contributed by atoms with Gasteiger partial charge in [-0.15, -0.1) is 0 Å². The first-order chi connectivity index (χ1) is 19.9. The number of carboxylic acid groups (broad SMARTS) is 1. The van der Waals surface area contributed by atoms with Crippen LogP contribution >= 0.6 is 11.6 Å². The highest BCUT2D eigenvalue weighted by Crippen LogP contribution is 2.54. The number of methoxy groups -OCH3 is 1. The maximum Gasteiger partial charge on any atom is 0.326 e. The van der Waals surface area contributed by atoms with Crippen LogP contribution in [0.5, 0.6) is 5.75 Å². The number of pyridine rings is 1. The number of amides is 1. The van der Waals surface area contributed by atoms with E-state index in [4.69, 9.17) is 26.1 Å². The van der Waals surface area contributed by atoms with Gasteiger partial charge in [-0.3, -0.25) is 4.79 Å². The molecule has 0 saturated heterocycles. The molecule has 0 bridgehead atoms. The molecule has 1 aromatic heterocycles. The van der Waals surface area contributed by atoms with Crippen molar-refractivity contribution in [2.45, 2.75) is 69.7 Å². The number of carbonyl (C=O) groups is 2. The molecule has 1 aliphatic carbocycles. The zero-order chi connectivity index (χ0) is 29.2. The molecule has 2 heterocycles. The number of hydrogen-bond donors (Lipinski definition) is 3. The molecule has 1 aromatic carbocycles. The lowest BCUT2D eigenvalue weighted by atomic mass is 9.93. The van der Waals surface area contributed by atoms with Gasteiger partial charge >= 0.3 is 5.97 Å². The minimum absolute atomic E-state index is 0.293. The number of aliphatic carboxylic acids is 1. The van der Waals surface area contributed by atoms with Gasteiger partial charge < -0.3 is 30.1 Å². The zero-order valence-electron chi connectivity index (χ0n) is 24.2. The predicted molar refractivity (Wildman–Crippen MR) is 160 cm³/mol. The predicted octanol–water partition coefficient (Wildman–Crippen LogP) is 4.45. The van der Waals surface area contributed by atoms with Crippen LogP contribution in [0.1, 0.15) is 62.3 Å². The van der Waals surface area contributed by atoms with E-state index in [0.717, 1.165) is 56.7 Å². The molecule has 3 N–H and O–H groups in total. The van der Waals surface area contributed by atoms with Crippen molar-refractivity contribution in [2.24, 2.45) is 0 Å². The maximum atomic E-state index is 13.4. The Morgan fingerprint density at radius 1 is 1.20 bits per heavy atom. The van der Waals surface area contributed by atoms with Crippen LogP contribution in [-0.2, 0) is 32.6 Å². The Hall–Kier alpha value is -2.88. The van der Waals surface area contributed by atoms with Gasteiger partial charge in [0.05, 0.1) is 19.1 Å². The van der Waals surface area contributed by atoms with Crippen LogP contribution < -0.4 is 15.4 Å². The Bertz CT molecular complexity index is 1190. The third-order valence-electron chi connectivity index (χ3n) is 8.06. The van der Waals surface area contributed by atoms with Gasteiger partial charge in [0.1, 0.15) is 17.6 Å². The van der Waals surface area contributed by atoms with E-state index in [2.05, 4.69) is 27.7 Å². The van der Waals surface area contributed by atoms with Gasteiger partial charge in [0, 0.05) is 42.5 Å². The second-order valence-electron chi connectivity index (χ2n) is 10.9. The monoisotopic (exact) mass is 586 g/mol. The molecule has 2 aromatic rings. The number of nitrogens with one attached hydrogen (secondary N) is 2. The van der Waals surface area contributed by atoms with E-state index in [1.54, 1.807) is 25.3 Å². The summed E-state index contributed by atoms with van der Waals surface area (Å²) in [7, 11) is 1.54. The molecule has 41 heavy (non-hydrogen) atoms. The number of benzene rings is 1. The summed E-state index contributed by atoms with van der Waals surface area (Å²) in [5.74, 6) is 0.206. The fourth-order valence-electron chi connectivity index (χ4n) is 5.54. The van der Waals surface area contributed by atoms with Crippen molar-refractivity contribution in [3.05, 3.63) is 52.2 Å². The highest BCUT2D eigenvalue weighted by Gasteiger charge is 2.54. The second kappa shape index (κ2) is 14.8. The molecule has 0 unspecified atom stereocenters. The summed E-state index contributed by atoms with van der Waals surface area (Å²) in [6.45, 7) is 6.20. The first-order valence-electron chi connectivity index (χ1n) is 14.8. The van der Waals surface area contributed by atoms with E-state index in [9.17, 15) is 14.7 Å². The summed E-state index contributed by atoms with van der Waals surface area (Å²) in [4.78, 5) is 32.6. The first-order valence-corrected chi connectivity index (χ1v) is 15.1. The van der Waals surface area contributed by atoms with Gasteiger partial charge in [-0.2, -0.15) is 0 Å². The number of aromatic nitrogens is 1. The van der Waals surface area contributed by atoms with Crippen molar-refractivity contribution in [1.82, 2.24) is 15.2 Å². The molecule has 224 valence electrons. The molecule has 0 spiro atoms. The average Bonchev–Trinajstić information content (AvgIpc) is 3.78. The average molecular weight is 587 g/mol. The third-order valence-corrected chi connectivity index (χ3v) is 8.38. The van der Waals surface area contributed by atoms with Crippen LogP contribution in [0, 0.1) is 0 Å². The molecule has 1 atom stereocenters. The molecule has 4 rings (SSSR count). The quantitative estimate of drug-likeness (QED) is 0.233. The summed E-state index contributed by atoms with van der Waals surface area (Å²) in [5, 5.41) is 16.6. The summed E-state index contributed by atoms with van der Waals surface area (Å²) in [5.41, 5.74) is 2.16. The van der Waals surface area contributed by atoms with Crippen LogP contribution in [0.2, 0.25) is 5.02 Å². The molecule has 9 nitrogen and oxygen atoms in total. The summed E-state index contributed by atoms with van der Waals surface area (Å²) < 4.78 is 11.1. The van der Waals surface area contributed by atoms with Crippen molar-refractivity contribution >= 4 is 29.3 Å². The standard InChI is InChI=1S/C31H43ClN4O5/c1-3-41-21-20-36(18-5-4-9-23-13-12-22-8-7-17-33-28(22)34-23)19-14-25(29(37)38)35-30(39)31(15-16-31)27-24(32)10-6-11-26(27)40-2/h6,10-13,25H,3-5,7-9,14-21H2,1-2H3,(H,33,34)(H,35,39)(H,37,38)/t25-/m0/s1. The number of fused-ring (bicyclic) bond motifs is 1. The zero-order valence-corrected chi connectivity index (χ0v) is 25.0. The Labute approximate surface area is 248 Å². The molecule has 1 amide bonds. The van der Waals surface area contributed by atoms with Crippen molar-refractivity contribution < 1.29 is 24.2 Å². The molecule has 0 radical (unpaired) electrons. The van der Waals surface area contributed by atoms with E-state index in [1.807, 2.05) is 6.92 Å². The van der Waals surface area contributed by atoms with E-state index in [1.165, 1.54) is 5.56 Å². The van der Waals surface area contributed by atoms with E-state index < -0.39 is 17.4 Å². The van der Waals surface area contributed by atoms with Crippen LogP contribution in [0.4, 0.5) is 5.82 Å². The molecular formula is C31H43ClN4O5. The number of carbonyl (C=O) groups excluding carboxylic acids is 1. The summed E-state index contributed by atoms with van der Waals surface area (Å²) >= 11 is 6.47. The van der Waals surface area contributed by atoms with E-state index >= 15 is 0 Å². The number of anilines is 1. The second-order valence-corrected chi connectivity index (χ2v) is 11.3. The first kappa shape index (κ1) is 31.1. The van der Waals surface area contributed by atoms with Crippen molar-refractivity contribution in [3.63, 3.8) is 0 Å². The molecule has 10 heteroatoms. The largest absolute Gasteiger partial charge is 0.496 e.